The predicted octanol–water partition coefficient (Wildman–Crippen LogP) is 2.30. The fraction of sp³-hybridized carbons (Fsp3) is 0.364. The summed E-state index contributed by atoms with van der Waals surface area (Å²) in [5, 5.41) is 2.62. The van der Waals surface area contributed by atoms with E-state index in [9.17, 15) is 9.18 Å². The highest BCUT2D eigenvalue weighted by molar-refractivity contribution is 6.31. The zero-order chi connectivity index (χ0) is 11.8. The zero-order valence-corrected chi connectivity index (χ0v) is 9.35. The first kappa shape index (κ1) is 11.4. The van der Waals surface area contributed by atoms with Crippen LogP contribution in [0.25, 0.3) is 0 Å². The number of hydrogen-bond acceptors (Lipinski definition) is 2. The predicted molar refractivity (Wildman–Crippen MR) is 60.8 cm³/mol. The van der Waals surface area contributed by atoms with Gasteiger partial charge in [-0.05, 0) is 37.5 Å². The van der Waals surface area contributed by atoms with E-state index in [1.807, 2.05) is 0 Å². The van der Waals surface area contributed by atoms with Gasteiger partial charge in [-0.1, -0.05) is 11.6 Å². The zero-order valence-electron chi connectivity index (χ0n) is 8.59. The summed E-state index contributed by atoms with van der Waals surface area (Å²) in [6.45, 7) is 0. The van der Waals surface area contributed by atoms with Crippen LogP contribution in [0.4, 0.5) is 10.1 Å². The lowest BCUT2D eigenvalue weighted by Gasteiger charge is -2.36. The first-order valence-corrected chi connectivity index (χ1v) is 5.44. The number of amides is 1. The number of nitrogens with one attached hydrogen (secondary N) is 1. The van der Waals surface area contributed by atoms with Crippen LogP contribution in [-0.2, 0) is 4.79 Å². The highest BCUT2D eigenvalue weighted by atomic mass is 35.5. The van der Waals surface area contributed by atoms with Gasteiger partial charge in [0, 0.05) is 5.69 Å². The molecule has 0 aromatic heterocycles. The third-order valence-electron chi connectivity index (χ3n) is 2.88. The minimum Gasteiger partial charge on any atom is -0.324 e. The molecule has 1 amide bonds. The van der Waals surface area contributed by atoms with E-state index in [4.69, 9.17) is 17.3 Å². The summed E-state index contributed by atoms with van der Waals surface area (Å²) in [7, 11) is 0. The topological polar surface area (TPSA) is 55.1 Å². The number of carbonyl (C=O) groups excluding carboxylic acids is 1. The summed E-state index contributed by atoms with van der Waals surface area (Å²) in [6.07, 6.45) is 2.34. The average molecular weight is 243 g/mol. The Bertz CT molecular complexity index is 432. The molecule has 1 saturated carbocycles. The van der Waals surface area contributed by atoms with Crippen molar-refractivity contribution in [2.45, 2.75) is 24.8 Å². The third-order valence-corrected chi connectivity index (χ3v) is 3.17. The molecule has 1 aromatic rings. The van der Waals surface area contributed by atoms with Gasteiger partial charge in [-0.15, -0.1) is 0 Å². The van der Waals surface area contributed by atoms with E-state index in [2.05, 4.69) is 5.32 Å². The molecule has 0 bridgehead atoms. The first-order valence-electron chi connectivity index (χ1n) is 5.07. The lowest BCUT2D eigenvalue weighted by molar-refractivity contribution is -0.123. The number of anilines is 1. The summed E-state index contributed by atoms with van der Waals surface area (Å²) >= 11 is 5.60. The number of hydrogen-bond donors (Lipinski definition) is 2. The lowest BCUT2D eigenvalue weighted by Crippen LogP contribution is -2.56. The van der Waals surface area contributed by atoms with Crippen LogP contribution in [-0.4, -0.2) is 11.4 Å². The number of benzene rings is 1. The second-order valence-corrected chi connectivity index (χ2v) is 4.50. The first-order chi connectivity index (χ1) is 7.51. The standard InChI is InChI=1S/C11H12ClFN2O/c12-8-6-7(2-3-9(8)13)15-10(16)11(14)4-1-5-11/h2-3,6H,1,4-5,14H2,(H,15,16). The Morgan fingerprint density at radius 3 is 2.69 bits per heavy atom. The molecule has 0 atom stereocenters. The smallest absolute Gasteiger partial charge is 0.244 e. The van der Waals surface area contributed by atoms with E-state index in [0.717, 1.165) is 6.42 Å². The summed E-state index contributed by atoms with van der Waals surface area (Å²) < 4.78 is 12.9. The molecule has 0 aliphatic heterocycles. The van der Waals surface area contributed by atoms with Gasteiger partial charge in [-0.25, -0.2) is 4.39 Å². The Labute approximate surface area is 97.8 Å². The molecule has 0 heterocycles. The molecule has 2 rings (SSSR count). The van der Waals surface area contributed by atoms with E-state index >= 15 is 0 Å². The van der Waals surface area contributed by atoms with Gasteiger partial charge < -0.3 is 11.1 Å². The van der Waals surface area contributed by atoms with Crippen molar-refractivity contribution in [3.8, 4) is 0 Å². The maximum atomic E-state index is 12.9. The Kier molecular flexibility index (Phi) is 2.86. The highest BCUT2D eigenvalue weighted by Crippen LogP contribution is 2.30. The van der Waals surface area contributed by atoms with Crippen LogP contribution in [0.15, 0.2) is 18.2 Å². The Hall–Kier alpha value is -1.13. The van der Waals surface area contributed by atoms with Gasteiger partial charge in [0.25, 0.3) is 0 Å². The van der Waals surface area contributed by atoms with Crippen molar-refractivity contribution in [3.05, 3.63) is 29.0 Å². The van der Waals surface area contributed by atoms with Crippen molar-refractivity contribution in [1.29, 1.82) is 0 Å². The highest BCUT2D eigenvalue weighted by Gasteiger charge is 2.40. The Balaban J connectivity index is 2.09. The van der Waals surface area contributed by atoms with Gasteiger partial charge in [-0.2, -0.15) is 0 Å². The second-order valence-electron chi connectivity index (χ2n) is 4.09. The molecular formula is C11H12ClFN2O. The molecule has 86 valence electrons. The SMILES string of the molecule is NC1(C(=O)Nc2ccc(F)c(Cl)c2)CCC1. The van der Waals surface area contributed by atoms with E-state index in [1.165, 1.54) is 18.2 Å². The van der Waals surface area contributed by atoms with Crippen molar-refractivity contribution in [3.63, 3.8) is 0 Å². The molecule has 1 aliphatic carbocycles. The molecule has 1 aliphatic rings. The van der Waals surface area contributed by atoms with Crippen molar-refractivity contribution < 1.29 is 9.18 Å². The van der Waals surface area contributed by atoms with Gasteiger partial charge in [0.05, 0.1) is 10.6 Å². The van der Waals surface area contributed by atoms with Crippen molar-refractivity contribution in [2.75, 3.05) is 5.32 Å². The van der Waals surface area contributed by atoms with E-state index in [0.29, 0.717) is 18.5 Å². The van der Waals surface area contributed by atoms with Gasteiger partial charge in [0.2, 0.25) is 5.91 Å². The number of halogens is 2. The van der Waals surface area contributed by atoms with Crippen molar-refractivity contribution >= 4 is 23.2 Å². The molecule has 0 unspecified atom stereocenters. The van der Waals surface area contributed by atoms with Gasteiger partial charge in [0.15, 0.2) is 0 Å². The molecular weight excluding hydrogens is 231 g/mol. The van der Waals surface area contributed by atoms with Crippen LogP contribution < -0.4 is 11.1 Å². The lowest BCUT2D eigenvalue weighted by atomic mass is 9.77. The third kappa shape index (κ3) is 2.03. The second kappa shape index (κ2) is 4.03. The number of nitrogens with two attached hydrogens (primary N) is 1. The summed E-state index contributed by atoms with van der Waals surface area (Å²) in [5.74, 6) is -0.743. The molecule has 3 N–H and O–H groups in total. The number of carbonyl (C=O) groups is 1. The minimum atomic E-state index is -0.763. The molecule has 1 aromatic carbocycles. The van der Waals surface area contributed by atoms with E-state index in [1.54, 1.807) is 0 Å². The minimum absolute atomic E-state index is 0.0162. The average Bonchev–Trinajstić information content (AvgIpc) is 2.20. The quantitative estimate of drug-likeness (QED) is 0.836. The maximum absolute atomic E-state index is 12.9. The monoisotopic (exact) mass is 242 g/mol. The Morgan fingerprint density at radius 1 is 1.50 bits per heavy atom. The molecule has 5 heteroatoms. The van der Waals surface area contributed by atoms with Crippen LogP contribution in [0.3, 0.4) is 0 Å². The fourth-order valence-corrected chi connectivity index (χ4v) is 1.79. The molecule has 16 heavy (non-hydrogen) atoms. The Morgan fingerprint density at radius 2 is 2.19 bits per heavy atom. The van der Waals surface area contributed by atoms with Gasteiger partial charge >= 0.3 is 0 Å². The fourth-order valence-electron chi connectivity index (χ4n) is 1.61. The molecule has 0 radical (unpaired) electrons. The normalized spacial score (nSPS) is 17.7. The number of rotatable bonds is 2. The summed E-state index contributed by atoms with van der Waals surface area (Å²) in [6, 6.07) is 4.04. The van der Waals surface area contributed by atoms with Crippen LogP contribution in [0, 0.1) is 5.82 Å². The summed E-state index contributed by atoms with van der Waals surface area (Å²) in [5.41, 5.74) is 5.55. The van der Waals surface area contributed by atoms with E-state index in [-0.39, 0.29) is 10.9 Å². The van der Waals surface area contributed by atoms with E-state index < -0.39 is 11.4 Å². The van der Waals surface area contributed by atoms with Crippen LogP contribution in [0.5, 0.6) is 0 Å². The molecule has 1 fully saturated rings. The van der Waals surface area contributed by atoms with Crippen molar-refractivity contribution in [2.24, 2.45) is 5.73 Å². The largest absolute Gasteiger partial charge is 0.324 e. The van der Waals surface area contributed by atoms with Crippen LogP contribution in [0.1, 0.15) is 19.3 Å². The van der Waals surface area contributed by atoms with Gasteiger partial charge in [-0.3, -0.25) is 4.79 Å². The maximum Gasteiger partial charge on any atom is 0.244 e. The molecule has 0 spiro atoms. The molecule has 0 saturated heterocycles. The van der Waals surface area contributed by atoms with Crippen LogP contribution >= 0.6 is 11.6 Å². The van der Waals surface area contributed by atoms with Crippen LogP contribution in [0.2, 0.25) is 5.02 Å². The molecule has 3 nitrogen and oxygen atoms in total. The van der Waals surface area contributed by atoms with Gasteiger partial charge in [0.1, 0.15) is 5.82 Å². The van der Waals surface area contributed by atoms with Crippen molar-refractivity contribution in [1.82, 2.24) is 0 Å². The summed E-state index contributed by atoms with van der Waals surface area (Å²) in [4.78, 5) is 11.7.